The van der Waals surface area contributed by atoms with E-state index in [0.29, 0.717) is 19.6 Å². The second kappa shape index (κ2) is 7.94. The molecule has 0 aliphatic carbocycles. The lowest BCUT2D eigenvalue weighted by molar-refractivity contribution is 0.0712. The van der Waals surface area contributed by atoms with Crippen LogP contribution in [-0.4, -0.2) is 71.7 Å². The molecule has 0 bridgehead atoms. The van der Waals surface area contributed by atoms with Crippen molar-refractivity contribution in [3.63, 3.8) is 0 Å². The number of piperazine rings is 1. The fraction of sp³-hybridized carbons (Fsp3) is 0.611. The van der Waals surface area contributed by atoms with Gasteiger partial charge in [-0.15, -0.1) is 0 Å². The Hall–Kier alpha value is -1.66. The lowest BCUT2D eigenvalue weighted by atomic mass is 10.1. The zero-order valence-corrected chi connectivity index (χ0v) is 14.0. The maximum Gasteiger partial charge on any atom is 0.320 e. The highest BCUT2D eigenvalue weighted by molar-refractivity contribution is 5.74. The number of likely N-dealkylation sites (tertiary alicyclic amines) is 1. The molecule has 0 aromatic heterocycles. The first kappa shape index (κ1) is 17.2. The van der Waals surface area contributed by atoms with E-state index >= 15 is 0 Å². The second-order valence-electron chi connectivity index (χ2n) is 6.69. The van der Waals surface area contributed by atoms with E-state index in [-0.39, 0.29) is 11.8 Å². The number of carbonyl (C=O) groups is 1. The van der Waals surface area contributed by atoms with E-state index in [0.717, 1.165) is 44.6 Å². The summed E-state index contributed by atoms with van der Waals surface area (Å²) in [6, 6.07) is 6.14. The van der Waals surface area contributed by atoms with Crippen molar-refractivity contribution in [2.75, 3.05) is 45.8 Å². The molecule has 1 N–H and O–H groups in total. The van der Waals surface area contributed by atoms with Crippen LogP contribution in [0.4, 0.5) is 9.18 Å². The standard InChI is InChI=1S/C18H26FN3O2/c19-16-6-4-15(5-7-16)17(23)14-20-10-12-22(13-11-20)18(24)21-8-2-1-3-9-21/h4-7,17,23H,1-3,8-14H2/t17-/m1/s1. The van der Waals surface area contributed by atoms with Gasteiger partial charge < -0.3 is 14.9 Å². The van der Waals surface area contributed by atoms with Crippen molar-refractivity contribution < 1.29 is 14.3 Å². The lowest BCUT2D eigenvalue weighted by Crippen LogP contribution is -2.54. The van der Waals surface area contributed by atoms with Gasteiger partial charge >= 0.3 is 6.03 Å². The highest BCUT2D eigenvalue weighted by Gasteiger charge is 2.26. The summed E-state index contributed by atoms with van der Waals surface area (Å²) in [5.41, 5.74) is 0.725. The average molecular weight is 335 g/mol. The van der Waals surface area contributed by atoms with E-state index in [1.807, 2.05) is 9.80 Å². The van der Waals surface area contributed by atoms with Crippen molar-refractivity contribution in [2.24, 2.45) is 0 Å². The van der Waals surface area contributed by atoms with E-state index in [2.05, 4.69) is 4.90 Å². The molecule has 2 aliphatic rings. The molecule has 24 heavy (non-hydrogen) atoms. The van der Waals surface area contributed by atoms with E-state index < -0.39 is 6.10 Å². The number of β-amino-alcohol motifs (C(OH)–C–C–N with tert-alkyl or cyclic N) is 1. The van der Waals surface area contributed by atoms with Gasteiger partial charge in [0.2, 0.25) is 0 Å². The molecule has 1 aromatic rings. The average Bonchev–Trinajstić information content (AvgIpc) is 2.63. The third-order valence-corrected chi connectivity index (χ3v) is 4.96. The van der Waals surface area contributed by atoms with Gasteiger partial charge in [-0.2, -0.15) is 0 Å². The second-order valence-corrected chi connectivity index (χ2v) is 6.69. The Morgan fingerprint density at radius 1 is 0.958 bits per heavy atom. The first-order chi connectivity index (χ1) is 11.6. The number of benzene rings is 1. The van der Waals surface area contributed by atoms with Crippen LogP contribution in [0.1, 0.15) is 30.9 Å². The van der Waals surface area contributed by atoms with Crippen molar-refractivity contribution in [1.82, 2.24) is 14.7 Å². The van der Waals surface area contributed by atoms with Gasteiger partial charge in [0.1, 0.15) is 5.82 Å². The van der Waals surface area contributed by atoms with E-state index in [1.165, 1.54) is 18.6 Å². The zero-order valence-electron chi connectivity index (χ0n) is 14.0. The Kier molecular flexibility index (Phi) is 5.68. The van der Waals surface area contributed by atoms with Gasteiger partial charge in [0.15, 0.2) is 0 Å². The summed E-state index contributed by atoms with van der Waals surface area (Å²) in [6.07, 6.45) is 2.80. The van der Waals surface area contributed by atoms with E-state index in [9.17, 15) is 14.3 Å². The molecule has 2 aliphatic heterocycles. The minimum atomic E-state index is -0.630. The number of aliphatic hydroxyl groups excluding tert-OH is 1. The van der Waals surface area contributed by atoms with Gasteiger partial charge in [-0.25, -0.2) is 9.18 Å². The van der Waals surface area contributed by atoms with Crippen LogP contribution < -0.4 is 0 Å². The molecule has 0 radical (unpaired) electrons. The Bertz CT molecular complexity index is 538. The van der Waals surface area contributed by atoms with Crippen LogP contribution in [0.15, 0.2) is 24.3 Å². The summed E-state index contributed by atoms with van der Waals surface area (Å²) in [5, 5.41) is 10.3. The maximum absolute atomic E-state index is 12.9. The van der Waals surface area contributed by atoms with Crippen LogP contribution in [0.25, 0.3) is 0 Å². The van der Waals surface area contributed by atoms with Gasteiger partial charge in [0.25, 0.3) is 0 Å². The maximum atomic E-state index is 12.9. The lowest BCUT2D eigenvalue weighted by Gasteiger charge is -2.39. The molecule has 3 rings (SSSR count). The molecular weight excluding hydrogens is 309 g/mol. The topological polar surface area (TPSA) is 47.0 Å². The van der Waals surface area contributed by atoms with Gasteiger partial charge in [-0.3, -0.25) is 4.90 Å². The molecule has 6 heteroatoms. The van der Waals surface area contributed by atoms with Crippen molar-refractivity contribution in [3.05, 3.63) is 35.6 Å². The number of rotatable bonds is 3. The van der Waals surface area contributed by atoms with Crippen LogP contribution in [0.5, 0.6) is 0 Å². The van der Waals surface area contributed by atoms with Gasteiger partial charge in [-0.1, -0.05) is 12.1 Å². The van der Waals surface area contributed by atoms with Gasteiger partial charge in [0.05, 0.1) is 6.10 Å². The Labute approximate surface area is 142 Å². The highest BCUT2D eigenvalue weighted by Crippen LogP contribution is 2.17. The number of urea groups is 1. The Balaban J connectivity index is 1.46. The number of hydrogen-bond donors (Lipinski definition) is 1. The van der Waals surface area contributed by atoms with Crippen LogP contribution in [0.3, 0.4) is 0 Å². The fourth-order valence-corrected chi connectivity index (χ4v) is 3.44. The van der Waals surface area contributed by atoms with Gasteiger partial charge in [0, 0.05) is 45.8 Å². The number of aliphatic hydroxyl groups is 1. The van der Waals surface area contributed by atoms with E-state index in [4.69, 9.17) is 0 Å². The molecule has 5 nitrogen and oxygen atoms in total. The molecular formula is C18H26FN3O2. The van der Waals surface area contributed by atoms with Crippen LogP contribution in [0, 0.1) is 5.82 Å². The summed E-state index contributed by atoms with van der Waals surface area (Å²) in [4.78, 5) is 18.5. The third-order valence-electron chi connectivity index (χ3n) is 4.96. The molecule has 0 saturated carbocycles. The molecule has 132 valence electrons. The number of carbonyl (C=O) groups excluding carboxylic acids is 1. The molecule has 1 atom stereocenters. The smallest absolute Gasteiger partial charge is 0.320 e. The summed E-state index contributed by atoms with van der Waals surface area (Å²) in [7, 11) is 0. The molecule has 1 aromatic carbocycles. The minimum Gasteiger partial charge on any atom is -0.387 e. The summed E-state index contributed by atoms with van der Waals surface area (Å²) >= 11 is 0. The molecule has 0 unspecified atom stereocenters. The first-order valence-corrected chi connectivity index (χ1v) is 8.83. The molecule has 2 fully saturated rings. The van der Waals surface area contributed by atoms with Crippen molar-refractivity contribution >= 4 is 6.03 Å². The van der Waals surface area contributed by atoms with Crippen LogP contribution in [0.2, 0.25) is 0 Å². The first-order valence-electron chi connectivity index (χ1n) is 8.83. The predicted molar refractivity (Wildman–Crippen MR) is 90.2 cm³/mol. The molecule has 2 amide bonds. The number of nitrogens with zero attached hydrogens (tertiary/aromatic N) is 3. The van der Waals surface area contributed by atoms with Crippen molar-refractivity contribution in [3.8, 4) is 0 Å². The highest BCUT2D eigenvalue weighted by atomic mass is 19.1. The molecule has 2 heterocycles. The van der Waals surface area contributed by atoms with Crippen LogP contribution in [-0.2, 0) is 0 Å². The number of halogens is 1. The Morgan fingerprint density at radius 2 is 1.54 bits per heavy atom. The number of piperidine rings is 1. The summed E-state index contributed by atoms with van der Waals surface area (Å²) in [6.45, 7) is 5.19. The van der Waals surface area contributed by atoms with Crippen LogP contribution >= 0.6 is 0 Å². The largest absolute Gasteiger partial charge is 0.387 e. The zero-order chi connectivity index (χ0) is 16.9. The SMILES string of the molecule is O=C(N1CCCCC1)N1CCN(C[C@@H](O)c2ccc(F)cc2)CC1. The van der Waals surface area contributed by atoms with Crippen molar-refractivity contribution in [2.45, 2.75) is 25.4 Å². The normalized spacial score (nSPS) is 20.9. The quantitative estimate of drug-likeness (QED) is 0.920. The monoisotopic (exact) mass is 335 g/mol. The van der Waals surface area contributed by atoms with Gasteiger partial charge in [-0.05, 0) is 37.0 Å². The summed E-state index contributed by atoms with van der Waals surface area (Å²) in [5.74, 6) is -0.296. The van der Waals surface area contributed by atoms with E-state index in [1.54, 1.807) is 12.1 Å². The fourth-order valence-electron chi connectivity index (χ4n) is 3.44. The summed E-state index contributed by atoms with van der Waals surface area (Å²) < 4.78 is 12.9. The number of hydrogen-bond acceptors (Lipinski definition) is 3. The molecule has 2 saturated heterocycles. The Morgan fingerprint density at radius 3 is 2.17 bits per heavy atom. The predicted octanol–water partition coefficient (Wildman–Crippen LogP) is 2.08. The minimum absolute atomic E-state index is 0.161. The van der Waals surface area contributed by atoms with Crippen molar-refractivity contribution in [1.29, 1.82) is 0 Å². The number of amides is 2. The molecule has 0 spiro atoms. The third kappa shape index (κ3) is 4.24.